The van der Waals surface area contributed by atoms with Crippen LogP contribution < -0.4 is 4.90 Å². The van der Waals surface area contributed by atoms with Crippen LogP contribution in [0.4, 0.5) is 17.1 Å². The van der Waals surface area contributed by atoms with Crippen molar-refractivity contribution in [3.63, 3.8) is 0 Å². The minimum Gasteiger partial charge on any atom is -0.310 e. The smallest absolute Gasteiger partial charge is 0.0651 e. The summed E-state index contributed by atoms with van der Waals surface area (Å²) in [5.74, 6) is 0. The summed E-state index contributed by atoms with van der Waals surface area (Å²) in [5, 5.41) is 1.25. The molecule has 0 radical (unpaired) electrons. The van der Waals surface area contributed by atoms with Crippen molar-refractivity contribution in [2.75, 3.05) is 4.90 Å². The molecule has 0 spiro atoms. The molecule has 0 saturated heterocycles. The Morgan fingerprint density at radius 1 is 0.323 bits per heavy atom. The highest BCUT2D eigenvalue weighted by molar-refractivity contribution is 6.10. The van der Waals surface area contributed by atoms with Gasteiger partial charge in [0.2, 0.25) is 0 Å². The van der Waals surface area contributed by atoms with Crippen LogP contribution in [0.5, 0.6) is 0 Å². The number of para-hydroxylation sites is 2. The maximum absolute atomic E-state index is 10.1. The van der Waals surface area contributed by atoms with E-state index in [1.165, 1.54) is 6.07 Å². The Kier molecular flexibility index (Phi) is 4.43. The van der Waals surface area contributed by atoms with Crippen LogP contribution in [0.1, 0.15) is 41.1 Å². The van der Waals surface area contributed by atoms with Gasteiger partial charge in [-0.05, 0) is 122 Å². The number of fused-ring (bicyclic) bond motifs is 3. The van der Waals surface area contributed by atoms with E-state index in [9.17, 15) is 20.6 Å². The molecule has 1 aromatic heterocycles. The van der Waals surface area contributed by atoms with Crippen LogP contribution in [0, 0.1) is 0 Å². The van der Waals surface area contributed by atoms with Gasteiger partial charge in [-0.1, -0.05) is 187 Å². The third-order valence-electron chi connectivity index (χ3n) is 9.79. The summed E-state index contributed by atoms with van der Waals surface area (Å²) in [7, 11) is 0. The molecule has 0 aliphatic rings. The van der Waals surface area contributed by atoms with Gasteiger partial charge in [0.05, 0.1) is 52.2 Å². The summed E-state index contributed by atoms with van der Waals surface area (Å²) in [6.45, 7) is 0. The van der Waals surface area contributed by atoms with Crippen molar-refractivity contribution in [3.05, 3.63) is 254 Å². The van der Waals surface area contributed by atoms with Crippen molar-refractivity contribution in [2.45, 2.75) is 0 Å². The zero-order valence-electron chi connectivity index (χ0n) is 61.8. The highest BCUT2D eigenvalue weighted by atomic mass is 15.1. The lowest BCUT2D eigenvalue weighted by molar-refractivity contribution is 1.18. The number of rotatable bonds is 9. The molecule has 2 heteroatoms. The fourth-order valence-electron chi connectivity index (χ4n) is 6.99. The van der Waals surface area contributed by atoms with Crippen LogP contribution in [0.2, 0.25) is 0 Å². The fourth-order valence-corrected chi connectivity index (χ4v) is 6.99. The van der Waals surface area contributed by atoms with Gasteiger partial charge in [-0.3, -0.25) is 0 Å². The summed E-state index contributed by atoms with van der Waals surface area (Å²) in [6, 6.07) is -9.97. The monoisotopic (exact) mass is 821 g/mol. The maximum Gasteiger partial charge on any atom is 0.0651 e. The van der Waals surface area contributed by atoms with Crippen molar-refractivity contribution in [3.8, 4) is 61.3 Å². The first kappa shape index (κ1) is 17.0. The molecule has 11 aromatic rings. The Hall–Kier alpha value is -8.20. The van der Waals surface area contributed by atoms with Crippen LogP contribution in [0.3, 0.4) is 0 Å². The standard InChI is InChI=1S/C60H42N2/c1-4-15-43(16-5-1)44-27-29-45(30-28-44)46-31-36-52(37-32-46)61(53-38-33-48(34-39-53)56-24-11-10-23-55(56)47-17-6-2-7-18-47)54-22-14-19-49(41-54)50-35-40-60-58(42-50)57-25-12-13-26-59(57)62(60)51-20-8-3-9-21-51/h1-42H/i1D,2D,4D,5D,6D,7D,10D,11D,14D,15D,16D,17D,18D,19D,22D,23D,24D,27D,28D,29D,30D,31D,32D,33D,34D,36D,37D,38D,39D,41D. The minimum absolute atomic E-state index is 0.0526. The summed E-state index contributed by atoms with van der Waals surface area (Å²) in [4.78, 5) is 0.438. The molecule has 0 N–H and O–H groups in total. The zero-order valence-corrected chi connectivity index (χ0v) is 31.8. The summed E-state index contributed by atoms with van der Waals surface area (Å²) >= 11 is 0. The first-order chi connectivity index (χ1) is 43.3. The average molecular weight is 821 g/mol. The Labute approximate surface area is 405 Å². The van der Waals surface area contributed by atoms with Gasteiger partial charge in [0.15, 0.2) is 0 Å². The SMILES string of the molecule is [2H]c1c([2H])c([2H])c(-c2c([2H])c([2H])c(-c3c([2H])c([2H])c(N(c4c([2H])c([2H])c(-c5c([2H])c([2H])c([2H])c([2H])c5-c5c([2H])c([2H])c([2H])c([2H])c5[2H])c([2H])c4[2H])c4c([2H])c([2H])c([2H])c(-c5ccc6c(c5)c5ccccc5n6-c5ccccc5)c4[2H])c([2H])c3[2H])c([2H])c2[2H])c([2H])c1[2H]. The van der Waals surface area contributed by atoms with Gasteiger partial charge < -0.3 is 9.47 Å². The second-order valence-corrected chi connectivity index (χ2v) is 13.4. The molecule has 0 aliphatic heterocycles. The van der Waals surface area contributed by atoms with Crippen LogP contribution in [-0.2, 0) is 0 Å². The molecule has 2 nitrogen and oxygen atoms in total. The summed E-state index contributed by atoms with van der Waals surface area (Å²) in [6.07, 6.45) is 0. The van der Waals surface area contributed by atoms with Gasteiger partial charge >= 0.3 is 0 Å². The number of benzene rings is 10. The second kappa shape index (κ2) is 16.1. The van der Waals surface area contributed by atoms with Crippen molar-refractivity contribution >= 4 is 38.9 Å². The summed E-state index contributed by atoms with van der Waals surface area (Å²) in [5.41, 5.74) is -8.41. The predicted octanol–water partition coefficient (Wildman–Crippen LogP) is 16.6. The minimum atomic E-state index is -1.28. The van der Waals surface area contributed by atoms with E-state index in [2.05, 4.69) is 0 Å². The normalized spacial score (nSPS) is 18.0. The third kappa shape index (κ3) is 6.94. The first-order valence-corrected chi connectivity index (χ1v) is 18.8. The van der Waals surface area contributed by atoms with E-state index in [1.54, 1.807) is 18.2 Å². The third-order valence-corrected chi connectivity index (χ3v) is 9.79. The molecule has 0 saturated carbocycles. The second-order valence-electron chi connectivity index (χ2n) is 13.4. The van der Waals surface area contributed by atoms with E-state index in [4.69, 9.17) is 20.6 Å². The lowest BCUT2D eigenvalue weighted by atomic mass is 9.94. The van der Waals surface area contributed by atoms with Crippen LogP contribution in [-0.4, -0.2) is 4.57 Å². The molecule has 0 amide bonds. The zero-order chi connectivity index (χ0) is 67.4. The molecular formula is C60H42N2. The number of aromatic nitrogens is 1. The quantitative estimate of drug-likeness (QED) is 0.141. The van der Waals surface area contributed by atoms with Crippen LogP contribution in [0.15, 0.2) is 254 Å². The molecule has 0 atom stereocenters. The number of hydrogen-bond donors (Lipinski definition) is 0. The Balaban J connectivity index is 1.25. The van der Waals surface area contributed by atoms with Crippen molar-refractivity contribution in [2.24, 2.45) is 0 Å². The number of nitrogens with zero attached hydrogens (tertiary/aromatic N) is 2. The first-order valence-electron chi connectivity index (χ1n) is 33.8. The van der Waals surface area contributed by atoms with Gasteiger partial charge in [-0.2, -0.15) is 0 Å². The molecule has 62 heavy (non-hydrogen) atoms. The highest BCUT2D eigenvalue weighted by Crippen LogP contribution is 2.41. The fraction of sp³-hybridized carbons (Fsp3) is 0. The van der Waals surface area contributed by atoms with Crippen molar-refractivity contribution < 1.29 is 41.1 Å². The lowest BCUT2D eigenvalue weighted by Crippen LogP contribution is -2.10. The number of anilines is 3. The van der Waals surface area contributed by atoms with E-state index in [0.717, 1.165) is 11.2 Å². The van der Waals surface area contributed by atoms with E-state index < -0.39 is 248 Å². The Morgan fingerprint density at radius 2 is 0.806 bits per heavy atom. The number of hydrogen-bond acceptors (Lipinski definition) is 1. The van der Waals surface area contributed by atoms with Gasteiger partial charge in [0, 0.05) is 33.5 Å². The van der Waals surface area contributed by atoms with E-state index in [-0.39, 0.29) is 5.56 Å². The van der Waals surface area contributed by atoms with E-state index in [0.29, 0.717) is 21.2 Å². The largest absolute Gasteiger partial charge is 0.310 e. The molecular weight excluding hydrogens is 749 g/mol. The molecule has 0 bridgehead atoms. The van der Waals surface area contributed by atoms with Crippen LogP contribution in [0.25, 0.3) is 83.1 Å². The Bertz CT molecular complexity index is 4970. The van der Waals surface area contributed by atoms with Gasteiger partial charge in [-0.25, -0.2) is 0 Å². The van der Waals surface area contributed by atoms with Gasteiger partial charge in [0.25, 0.3) is 0 Å². The topological polar surface area (TPSA) is 8.17 Å². The van der Waals surface area contributed by atoms with Crippen LogP contribution >= 0.6 is 0 Å². The van der Waals surface area contributed by atoms with E-state index >= 15 is 0 Å². The summed E-state index contributed by atoms with van der Waals surface area (Å²) < 4.78 is 275. The maximum atomic E-state index is 10.1. The predicted molar refractivity (Wildman–Crippen MR) is 263 cm³/mol. The molecule has 292 valence electrons. The molecule has 0 aliphatic carbocycles. The molecule has 0 unspecified atom stereocenters. The van der Waals surface area contributed by atoms with Crippen molar-refractivity contribution in [1.82, 2.24) is 4.57 Å². The molecule has 11 rings (SSSR count). The van der Waals surface area contributed by atoms with Gasteiger partial charge in [-0.15, -0.1) is 0 Å². The van der Waals surface area contributed by atoms with Gasteiger partial charge in [0.1, 0.15) is 0 Å². The molecule has 10 aromatic carbocycles. The lowest BCUT2D eigenvalue weighted by Gasteiger charge is -2.26. The Morgan fingerprint density at radius 3 is 1.45 bits per heavy atom. The molecule has 1 heterocycles. The van der Waals surface area contributed by atoms with Crippen molar-refractivity contribution in [1.29, 1.82) is 0 Å². The van der Waals surface area contributed by atoms with E-state index in [1.807, 2.05) is 53.1 Å². The highest BCUT2D eigenvalue weighted by Gasteiger charge is 2.17. The molecule has 0 fully saturated rings. The average Bonchev–Trinajstić information content (AvgIpc) is 0.804.